The zero-order chi connectivity index (χ0) is 19.8. The number of para-hydroxylation sites is 1. The Hall–Kier alpha value is -3.39. The molecule has 0 radical (unpaired) electrons. The van der Waals surface area contributed by atoms with Gasteiger partial charge in [-0.15, -0.1) is 0 Å². The van der Waals surface area contributed by atoms with Crippen LogP contribution < -0.4 is 0 Å². The maximum absolute atomic E-state index is 6.31. The molecule has 5 aromatic rings. The third-order valence-corrected chi connectivity index (χ3v) is 6.48. The molecule has 2 aromatic heterocycles. The Morgan fingerprint density at radius 3 is 2.48 bits per heavy atom. The Balaban J connectivity index is 1.63. The SMILES string of the molecule is Cc1ccc(-c2cc3c(cn2)-c2ccccc2C3(C)C)c2oc3ccccc3c12. The molecule has 0 atom stereocenters. The minimum absolute atomic E-state index is 0.0404. The van der Waals surface area contributed by atoms with Crippen LogP contribution in [0.2, 0.25) is 0 Å². The second-order valence-electron chi connectivity index (χ2n) is 8.52. The second kappa shape index (κ2) is 5.57. The molecule has 2 heterocycles. The molecule has 2 heteroatoms. The predicted molar refractivity (Wildman–Crippen MR) is 119 cm³/mol. The van der Waals surface area contributed by atoms with Crippen molar-refractivity contribution in [1.29, 1.82) is 0 Å². The number of pyridine rings is 1. The number of hydrogen-bond donors (Lipinski definition) is 0. The van der Waals surface area contributed by atoms with Crippen LogP contribution in [0.3, 0.4) is 0 Å². The molecule has 0 amide bonds. The van der Waals surface area contributed by atoms with Gasteiger partial charge in [-0.05, 0) is 47.4 Å². The van der Waals surface area contributed by atoms with Crippen LogP contribution >= 0.6 is 0 Å². The Bertz CT molecular complexity index is 1440. The van der Waals surface area contributed by atoms with Gasteiger partial charge in [-0.3, -0.25) is 4.98 Å². The number of rotatable bonds is 1. The molecule has 0 bridgehead atoms. The van der Waals surface area contributed by atoms with Crippen LogP contribution in [0.15, 0.2) is 77.3 Å². The van der Waals surface area contributed by atoms with E-state index in [0.717, 1.165) is 27.8 Å². The summed E-state index contributed by atoms with van der Waals surface area (Å²) in [4.78, 5) is 4.88. The van der Waals surface area contributed by atoms with Gasteiger partial charge in [0.25, 0.3) is 0 Å². The highest BCUT2D eigenvalue weighted by atomic mass is 16.3. The van der Waals surface area contributed by atoms with Crippen molar-refractivity contribution in [3.63, 3.8) is 0 Å². The Morgan fingerprint density at radius 2 is 1.59 bits per heavy atom. The fourth-order valence-electron chi connectivity index (χ4n) is 4.94. The summed E-state index contributed by atoms with van der Waals surface area (Å²) < 4.78 is 6.31. The van der Waals surface area contributed by atoms with Crippen LogP contribution in [-0.4, -0.2) is 4.98 Å². The van der Waals surface area contributed by atoms with Crippen LogP contribution in [0, 0.1) is 6.92 Å². The van der Waals surface area contributed by atoms with Gasteiger partial charge in [0.05, 0.1) is 5.69 Å². The predicted octanol–water partition coefficient (Wildman–Crippen LogP) is 7.26. The quantitative estimate of drug-likeness (QED) is 0.308. The molecule has 2 nitrogen and oxygen atoms in total. The average Bonchev–Trinajstić information content (AvgIpc) is 3.23. The van der Waals surface area contributed by atoms with Gasteiger partial charge in [0.2, 0.25) is 0 Å². The topological polar surface area (TPSA) is 26.0 Å². The summed E-state index contributed by atoms with van der Waals surface area (Å²) in [6, 6.07) is 23.5. The van der Waals surface area contributed by atoms with Gasteiger partial charge in [0.1, 0.15) is 11.2 Å². The maximum Gasteiger partial charge on any atom is 0.145 e. The van der Waals surface area contributed by atoms with E-state index in [2.05, 4.69) is 75.4 Å². The van der Waals surface area contributed by atoms with Gasteiger partial charge in [0, 0.05) is 33.5 Å². The molecule has 3 aromatic carbocycles. The number of hydrogen-bond acceptors (Lipinski definition) is 2. The number of furan rings is 1. The molecule has 0 fully saturated rings. The van der Waals surface area contributed by atoms with Gasteiger partial charge in [0.15, 0.2) is 0 Å². The third-order valence-electron chi connectivity index (χ3n) is 6.48. The molecule has 0 N–H and O–H groups in total. The molecule has 140 valence electrons. The fourth-order valence-corrected chi connectivity index (χ4v) is 4.94. The number of benzene rings is 3. The first-order valence-electron chi connectivity index (χ1n) is 10.1. The van der Waals surface area contributed by atoms with Crippen molar-refractivity contribution < 1.29 is 4.42 Å². The first-order chi connectivity index (χ1) is 14.1. The van der Waals surface area contributed by atoms with Crippen LogP contribution in [0.4, 0.5) is 0 Å². The van der Waals surface area contributed by atoms with Crippen molar-refractivity contribution >= 4 is 21.9 Å². The van der Waals surface area contributed by atoms with Gasteiger partial charge in [-0.2, -0.15) is 0 Å². The van der Waals surface area contributed by atoms with Crippen molar-refractivity contribution in [2.24, 2.45) is 0 Å². The van der Waals surface area contributed by atoms with E-state index in [1.54, 1.807) is 0 Å². The normalized spacial score (nSPS) is 14.3. The van der Waals surface area contributed by atoms with E-state index >= 15 is 0 Å². The Labute approximate surface area is 169 Å². The summed E-state index contributed by atoms with van der Waals surface area (Å²) in [5.74, 6) is 0. The first kappa shape index (κ1) is 16.6. The fraction of sp³-hybridized carbons (Fsp3) is 0.148. The van der Waals surface area contributed by atoms with E-state index in [1.165, 1.54) is 33.2 Å². The number of fused-ring (bicyclic) bond motifs is 6. The summed E-state index contributed by atoms with van der Waals surface area (Å²) in [5, 5.41) is 2.35. The van der Waals surface area contributed by atoms with E-state index in [9.17, 15) is 0 Å². The second-order valence-corrected chi connectivity index (χ2v) is 8.52. The molecule has 6 rings (SSSR count). The van der Waals surface area contributed by atoms with Crippen molar-refractivity contribution in [2.45, 2.75) is 26.2 Å². The highest BCUT2D eigenvalue weighted by Gasteiger charge is 2.35. The number of nitrogens with zero attached hydrogens (tertiary/aromatic N) is 1. The van der Waals surface area contributed by atoms with Crippen molar-refractivity contribution in [1.82, 2.24) is 4.98 Å². The van der Waals surface area contributed by atoms with Crippen molar-refractivity contribution in [3.05, 3.63) is 89.6 Å². The van der Waals surface area contributed by atoms with Crippen LogP contribution in [0.5, 0.6) is 0 Å². The lowest BCUT2D eigenvalue weighted by molar-refractivity contribution is 0.659. The minimum Gasteiger partial charge on any atom is -0.455 e. The Kier molecular flexibility index (Phi) is 3.18. The van der Waals surface area contributed by atoms with Gasteiger partial charge < -0.3 is 4.42 Å². The summed E-state index contributed by atoms with van der Waals surface area (Å²) in [6.45, 7) is 6.74. The monoisotopic (exact) mass is 375 g/mol. The third kappa shape index (κ3) is 2.14. The highest BCUT2D eigenvalue weighted by molar-refractivity contribution is 6.11. The van der Waals surface area contributed by atoms with E-state index in [0.29, 0.717) is 0 Å². The average molecular weight is 375 g/mol. The smallest absolute Gasteiger partial charge is 0.145 e. The zero-order valence-electron chi connectivity index (χ0n) is 16.8. The molecular formula is C27H21NO. The maximum atomic E-state index is 6.31. The van der Waals surface area contributed by atoms with Crippen LogP contribution in [-0.2, 0) is 5.41 Å². The Morgan fingerprint density at radius 1 is 0.793 bits per heavy atom. The van der Waals surface area contributed by atoms with Crippen molar-refractivity contribution in [2.75, 3.05) is 0 Å². The molecule has 0 aliphatic heterocycles. The molecule has 29 heavy (non-hydrogen) atoms. The molecule has 0 unspecified atom stereocenters. The molecule has 0 saturated heterocycles. The van der Waals surface area contributed by atoms with E-state index in [-0.39, 0.29) is 5.41 Å². The molecular weight excluding hydrogens is 354 g/mol. The first-order valence-corrected chi connectivity index (χ1v) is 10.1. The lowest BCUT2D eigenvalue weighted by Crippen LogP contribution is -2.15. The summed E-state index contributed by atoms with van der Waals surface area (Å²) in [5.41, 5.74) is 10.3. The molecule has 0 saturated carbocycles. The van der Waals surface area contributed by atoms with E-state index in [1.807, 2.05) is 18.3 Å². The van der Waals surface area contributed by atoms with Gasteiger partial charge in [-0.1, -0.05) is 62.4 Å². The van der Waals surface area contributed by atoms with Gasteiger partial charge in [-0.25, -0.2) is 0 Å². The van der Waals surface area contributed by atoms with E-state index in [4.69, 9.17) is 9.40 Å². The van der Waals surface area contributed by atoms with E-state index < -0.39 is 0 Å². The minimum atomic E-state index is -0.0404. The highest BCUT2D eigenvalue weighted by Crippen LogP contribution is 2.49. The lowest BCUT2D eigenvalue weighted by Gasteiger charge is -2.21. The lowest BCUT2D eigenvalue weighted by atomic mass is 9.82. The van der Waals surface area contributed by atoms with Crippen molar-refractivity contribution in [3.8, 4) is 22.4 Å². The summed E-state index contributed by atoms with van der Waals surface area (Å²) >= 11 is 0. The number of aryl methyl sites for hydroxylation is 1. The molecule has 0 spiro atoms. The summed E-state index contributed by atoms with van der Waals surface area (Å²) in [7, 11) is 0. The van der Waals surface area contributed by atoms with Crippen LogP contribution in [0.1, 0.15) is 30.5 Å². The summed E-state index contributed by atoms with van der Waals surface area (Å²) in [6.07, 6.45) is 2.03. The standard InChI is InChI=1S/C27H21NO/c1-16-12-13-18(26-25(16)19-9-5-7-11-24(19)29-26)23-14-22-20(15-28-23)17-8-4-6-10-21(17)27(22,2)3/h4-15H,1-3H3. The zero-order valence-corrected chi connectivity index (χ0v) is 16.8. The molecule has 1 aliphatic rings. The largest absolute Gasteiger partial charge is 0.455 e. The van der Waals surface area contributed by atoms with Gasteiger partial charge >= 0.3 is 0 Å². The number of aromatic nitrogens is 1. The van der Waals surface area contributed by atoms with Crippen LogP contribution in [0.25, 0.3) is 44.3 Å². The molecule has 1 aliphatic carbocycles.